The SMILES string of the molecule is COc1ccc2cc1OCC(=O)N[C@@H]1CN(C(=O)C3Cc4ccccc4C3)CC[C@H]1Oc1cc(F)cc(c1)CNC(=O)CC2. The number of halogens is 1. The lowest BCUT2D eigenvalue weighted by molar-refractivity contribution is -0.139. The van der Waals surface area contributed by atoms with Crippen molar-refractivity contribution in [2.24, 2.45) is 5.92 Å². The number of nitrogens with zero attached hydrogens (tertiary/aromatic N) is 1. The van der Waals surface area contributed by atoms with Gasteiger partial charge in [-0.3, -0.25) is 14.4 Å². The molecule has 3 aliphatic rings. The Bertz CT molecular complexity index is 1540. The van der Waals surface area contributed by atoms with Crippen LogP contribution in [0.25, 0.3) is 0 Å². The second-order valence-electron chi connectivity index (χ2n) is 11.6. The van der Waals surface area contributed by atoms with Crippen LogP contribution < -0.4 is 24.8 Å². The Morgan fingerprint density at radius 2 is 1.77 bits per heavy atom. The average Bonchev–Trinajstić information content (AvgIpc) is 3.46. The normalized spacial score (nSPS) is 20.9. The van der Waals surface area contributed by atoms with E-state index in [4.69, 9.17) is 14.2 Å². The number of hydrogen-bond donors (Lipinski definition) is 2. The predicted molar refractivity (Wildman–Crippen MR) is 160 cm³/mol. The van der Waals surface area contributed by atoms with E-state index in [2.05, 4.69) is 22.8 Å². The topological polar surface area (TPSA) is 106 Å². The summed E-state index contributed by atoms with van der Waals surface area (Å²) in [4.78, 5) is 41.3. The van der Waals surface area contributed by atoms with Gasteiger partial charge in [0.2, 0.25) is 11.8 Å². The van der Waals surface area contributed by atoms with E-state index in [1.807, 2.05) is 18.2 Å². The number of hydrogen-bond acceptors (Lipinski definition) is 6. The molecule has 4 bridgehead atoms. The van der Waals surface area contributed by atoms with E-state index in [-0.39, 0.29) is 49.8 Å². The zero-order chi connectivity index (χ0) is 30.6. The zero-order valence-corrected chi connectivity index (χ0v) is 24.6. The Morgan fingerprint density at radius 3 is 2.55 bits per heavy atom. The molecule has 1 saturated heterocycles. The number of rotatable bonds is 2. The van der Waals surface area contributed by atoms with Gasteiger partial charge in [-0.05, 0) is 65.8 Å². The molecule has 3 amide bonds. The zero-order valence-electron chi connectivity index (χ0n) is 24.6. The fourth-order valence-corrected chi connectivity index (χ4v) is 6.30. The van der Waals surface area contributed by atoms with Crippen molar-refractivity contribution in [2.75, 3.05) is 26.8 Å². The van der Waals surface area contributed by atoms with E-state index in [1.165, 1.54) is 30.4 Å². The molecule has 9 nitrogen and oxygen atoms in total. The van der Waals surface area contributed by atoms with Crippen molar-refractivity contribution in [1.82, 2.24) is 15.5 Å². The van der Waals surface area contributed by atoms with Crippen LogP contribution in [-0.2, 0) is 40.2 Å². The molecule has 10 heteroatoms. The lowest BCUT2D eigenvalue weighted by atomic mass is 9.98. The molecule has 3 aromatic rings. The minimum Gasteiger partial charge on any atom is -0.493 e. The van der Waals surface area contributed by atoms with Crippen molar-refractivity contribution in [3.05, 3.63) is 88.7 Å². The van der Waals surface area contributed by atoms with E-state index >= 15 is 0 Å². The van der Waals surface area contributed by atoms with E-state index in [0.29, 0.717) is 55.0 Å². The molecule has 230 valence electrons. The summed E-state index contributed by atoms with van der Waals surface area (Å²) >= 11 is 0. The van der Waals surface area contributed by atoms with E-state index in [1.54, 1.807) is 23.1 Å². The van der Waals surface area contributed by atoms with Gasteiger partial charge in [-0.15, -0.1) is 0 Å². The fourth-order valence-electron chi connectivity index (χ4n) is 6.30. The number of fused-ring (bicyclic) bond motifs is 6. The molecule has 1 fully saturated rings. The maximum Gasteiger partial charge on any atom is 0.258 e. The van der Waals surface area contributed by atoms with Crippen LogP contribution in [0.15, 0.2) is 60.7 Å². The first-order valence-electron chi connectivity index (χ1n) is 15.0. The summed E-state index contributed by atoms with van der Waals surface area (Å²) in [6, 6.07) is 17.2. The summed E-state index contributed by atoms with van der Waals surface area (Å²) in [6.45, 7) is 0.543. The minimum absolute atomic E-state index is 0.0509. The van der Waals surface area contributed by atoms with Gasteiger partial charge in [0, 0.05) is 44.5 Å². The van der Waals surface area contributed by atoms with Gasteiger partial charge >= 0.3 is 0 Å². The first kappa shape index (κ1) is 29.5. The van der Waals surface area contributed by atoms with Crippen LogP contribution in [-0.4, -0.2) is 61.6 Å². The number of piperidine rings is 1. The smallest absolute Gasteiger partial charge is 0.258 e. The number of nitrogens with one attached hydrogen (secondary N) is 2. The lowest BCUT2D eigenvalue weighted by Crippen LogP contribution is -2.59. The van der Waals surface area contributed by atoms with E-state index in [9.17, 15) is 18.8 Å². The number of ether oxygens (including phenoxy) is 3. The van der Waals surface area contributed by atoms with Crippen LogP contribution in [0.5, 0.6) is 17.2 Å². The highest BCUT2D eigenvalue weighted by atomic mass is 19.1. The molecule has 3 aromatic carbocycles. The molecule has 0 radical (unpaired) electrons. The summed E-state index contributed by atoms with van der Waals surface area (Å²) in [5.74, 6) is -0.0120. The van der Waals surface area contributed by atoms with E-state index in [0.717, 1.165) is 5.56 Å². The molecule has 44 heavy (non-hydrogen) atoms. The lowest BCUT2D eigenvalue weighted by Gasteiger charge is -2.39. The third-order valence-corrected chi connectivity index (χ3v) is 8.54. The molecule has 1 aliphatic carbocycles. The van der Waals surface area contributed by atoms with Crippen LogP contribution in [0.4, 0.5) is 4.39 Å². The summed E-state index contributed by atoms with van der Waals surface area (Å²) in [7, 11) is 1.52. The molecule has 6 rings (SSSR count). The van der Waals surface area contributed by atoms with Gasteiger partial charge in [0.15, 0.2) is 18.1 Å². The molecule has 2 N–H and O–H groups in total. The van der Waals surface area contributed by atoms with Gasteiger partial charge in [0.25, 0.3) is 5.91 Å². The van der Waals surface area contributed by atoms with Crippen LogP contribution in [0, 0.1) is 11.7 Å². The van der Waals surface area contributed by atoms with Crippen molar-refractivity contribution in [2.45, 2.75) is 50.8 Å². The Balaban J connectivity index is 1.24. The average molecular weight is 602 g/mol. The van der Waals surface area contributed by atoms with Gasteiger partial charge in [-0.25, -0.2) is 4.39 Å². The molecule has 2 aliphatic heterocycles. The fraction of sp³-hybridized carbons (Fsp3) is 0.382. The van der Waals surface area contributed by atoms with Crippen molar-refractivity contribution in [3.8, 4) is 17.2 Å². The summed E-state index contributed by atoms with van der Waals surface area (Å²) in [6.07, 6.45) is 1.96. The Hall–Kier alpha value is -4.60. The maximum atomic E-state index is 14.6. The van der Waals surface area contributed by atoms with Crippen molar-refractivity contribution in [1.29, 1.82) is 0 Å². The minimum atomic E-state index is -0.564. The third-order valence-electron chi connectivity index (χ3n) is 8.54. The van der Waals surface area contributed by atoms with Crippen LogP contribution in [0.1, 0.15) is 35.1 Å². The first-order valence-corrected chi connectivity index (χ1v) is 15.0. The number of carbonyl (C=O) groups is 3. The second-order valence-corrected chi connectivity index (χ2v) is 11.6. The van der Waals surface area contributed by atoms with Crippen LogP contribution >= 0.6 is 0 Å². The van der Waals surface area contributed by atoms with E-state index < -0.39 is 18.0 Å². The first-order chi connectivity index (χ1) is 21.3. The van der Waals surface area contributed by atoms with Crippen molar-refractivity contribution in [3.63, 3.8) is 0 Å². The number of benzene rings is 3. The van der Waals surface area contributed by atoms with Gasteiger partial charge in [0.1, 0.15) is 17.7 Å². The van der Waals surface area contributed by atoms with Crippen molar-refractivity contribution < 1.29 is 33.0 Å². The second kappa shape index (κ2) is 13.0. The monoisotopic (exact) mass is 601 g/mol. The van der Waals surface area contributed by atoms with Crippen molar-refractivity contribution >= 4 is 17.7 Å². The molecular weight excluding hydrogens is 565 g/mol. The molecule has 0 aromatic heterocycles. The van der Waals surface area contributed by atoms with Crippen LogP contribution in [0.2, 0.25) is 0 Å². The molecule has 2 atom stereocenters. The van der Waals surface area contributed by atoms with Gasteiger partial charge in [-0.1, -0.05) is 30.3 Å². The number of aryl methyl sites for hydroxylation is 1. The molecule has 0 unspecified atom stereocenters. The summed E-state index contributed by atoms with van der Waals surface area (Å²) in [5.41, 5.74) is 3.80. The van der Waals surface area contributed by atoms with Crippen LogP contribution in [0.3, 0.4) is 0 Å². The number of methoxy groups -OCH3 is 1. The number of carbonyl (C=O) groups excluding carboxylic acids is 3. The highest BCUT2D eigenvalue weighted by molar-refractivity contribution is 5.81. The highest BCUT2D eigenvalue weighted by Crippen LogP contribution is 2.31. The standard InChI is InChI=1S/C34H36FN3O6/c1-42-30-8-6-21-7-9-32(39)36-18-22-12-26(35)17-27(13-22)44-29-10-11-38(19-28(29)37-33(40)20-43-31(30)14-21)34(41)25-15-23-4-2-3-5-24(23)16-25/h2-6,8,12-14,17,25,28-29H,7,9-11,15-16,18-20H2,1H3,(H,36,39)(H,37,40)/t28-,29-/m1/s1. The quantitative estimate of drug-likeness (QED) is 0.467. The molecular formula is C34H36FN3O6. The molecule has 0 saturated carbocycles. The third kappa shape index (κ3) is 6.79. The molecule has 2 heterocycles. The maximum absolute atomic E-state index is 14.6. The molecule has 0 spiro atoms. The largest absolute Gasteiger partial charge is 0.493 e. The number of amides is 3. The van der Waals surface area contributed by atoms with Gasteiger partial charge in [0.05, 0.1) is 13.2 Å². The Labute approximate surface area is 255 Å². The highest BCUT2D eigenvalue weighted by Gasteiger charge is 2.38. The Morgan fingerprint density at radius 1 is 0.977 bits per heavy atom. The predicted octanol–water partition coefficient (Wildman–Crippen LogP) is 3.36. The number of likely N-dealkylation sites (tertiary alicyclic amines) is 1. The van der Waals surface area contributed by atoms with Gasteiger partial charge < -0.3 is 29.7 Å². The van der Waals surface area contributed by atoms with Gasteiger partial charge in [-0.2, -0.15) is 0 Å². The summed E-state index contributed by atoms with van der Waals surface area (Å²) < 4.78 is 32.2. The summed E-state index contributed by atoms with van der Waals surface area (Å²) in [5, 5.41) is 5.86. The Kier molecular flexibility index (Phi) is 8.67.